The van der Waals surface area contributed by atoms with Gasteiger partial charge in [0.25, 0.3) is 5.88 Å². The second-order valence-corrected chi connectivity index (χ2v) is 8.27. The maximum Gasteiger partial charge on any atom is 0.534 e. The molecule has 1 atom stereocenters. The number of fused-ring (bicyclic) bond motifs is 1. The molecule has 3 aromatic rings. The molecule has 3 rings (SSSR count). The molecular formula is C20H18F3N3O5S. The standard InChI is InChI=1S/C20H18F3N3O5S/c1-12(13-7-5-4-6-8-13)26(2)17-18(31-32(28,29)20(21,22)23)25-15-10-9-14(19(27)30-3)11-16(15)24-17/h4-12H,1-3H3. The maximum atomic E-state index is 12.9. The number of aromatic nitrogens is 2. The lowest BCUT2D eigenvalue weighted by Gasteiger charge is -2.27. The molecule has 0 bridgehead atoms. The van der Waals surface area contributed by atoms with E-state index in [-0.39, 0.29) is 22.4 Å². The average Bonchev–Trinajstić information content (AvgIpc) is 2.76. The van der Waals surface area contributed by atoms with Gasteiger partial charge in [-0.1, -0.05) is 30.3 Å². The van der Waals surface area contributed by atoms with E-state index >= 15 is 0 Å². The first-order chi connectivity index (χ1) is 14.9. The minimum Gasteiger partial charge on any atom is -0.465 e. The summed E-state index contributed by atoms with van der Waals surface area (Å²) < 4.78 is 71.2. The number of alkyl halides is 3. The number of benzene rings is 2. The molecule has 12 heteroatoms. The van der Waals surface area contributed by atoms with E-state index < -0.39 is 33.5 Å². The molecule has 0 N–H and O–H groups in total. The number of methoxy groups -OCH3 is 1. The van der Waals surface area contributed by atoms with Crippen molar-refractivity contribution in [2.75, 3.05) is 19.1 Å². The zero-order chi connectivity index (χ0) is 23.7. The number of anilines is 1. The first-order valence-electron chi connectivity index (χ1n) is 9.13. The molecule has 0 radical (unpaired) electrons. The van der Waals surface area contributed by atoms with Gasteiger partial charge in [0, 0.05) is 7.05 Å². The second-order valence-electron chi connectivity index (χ2n) is 6.73. The zero-order valence-electron chi connectivity index (χ0n) is 17.1. The summed E-state index contributed by atoms with van der Waals surface area (Å²) in [5.41, 5.74) is -4.58. The molecule has 0 aliphatic rings. The Bertz CT molecular complexity index is 1250. The number of nitrogens with zero attached hydrogens (tertiary/aromatic N) is 3. The highest BCUT2D eigenvalue weighted by Gasteiger charge is 2.49. The molecule has 170 valence electrons. The van der Waals surface area contributed by atoms with E-state index in [1.54, 1.807) is 37.3 Å². The summed E-state index contributed by atoms with van der Waals surface area (Å²) in [5, 5.41) is 0. The van der Waals surface area contributed by atoms with Crippen molar-refractivity contribution in [3.05, 3.63) is 59.7 Å². The Balaban J connectivity index is 2.17. The number of hydrogen-bond donors (Lipinski definition) is 0. The van der Waals surface area contributed by atoms with Gasteiger partial charge in [0.1, 0.15) is 0 Å². The van der Waals surface area contributed by atoms with Crippen LogP contribution in [0.2, 0.25) is 0 Å². The monoisotopic (exact) mass is 469 g/mol. The number of carbonyl (C=O) groups excluding carboxylic acids is 1. The Morgan fingerprint density at radius 2 is 1.72 bits per heavy atom. The van der Waals surface area contributed by atoms with Gasteiger partial charge in [0.2, 0.25) is 0 Å². The smallest absolute Gasteiger partial charge is 0.465 e. The maximum absolute atomic E-state index is 12.9. The molecular weight excluding hydrogens is 451 g/mol. The van der Waals surface area contributed by atoms with E-state index in [2.05, 4.69) is 18.9 Å². The largest absolute Gasteiger partial charge is 0.534 e. The van der Waals surface area contributed by atoms with E-state index in [4.69, 9.17) is 0 Å². The van der Waals surface area contributed by atoms with Crippen molar-refractivity contribution in [1.82, 2.24) is 9.97 Å². The number of halogens is 3. The van der Waals surface area contributed by atoms with E-state index in [9.17, 15) is 26.4 Å². The van der Waals surface area contributed by atoms with Crippen LogP contribution in [0.25, 0.3) is 11.0 Å². The Morgan fingerprint density at radius 3 is 2.31 bits per heavy atom. The van der Waals surface area contributed by atoms with E-state index in [0.29, 0.717) is 0 Å². The van der Waals surface area contributed by atoms with Gasteiger partial charge in [0.05, 0.1) is 29.7 Å². The van der Waals surface area contributed by atoms with Crippen LogP contribution >= 0.6 is 0 Å². The third-order valence-corrected chi connectivity index (χ3v) is 5.65. The zero-order valence-corrected chi connectivity index (χ0v) is 17.9. The van der Waals surface area contributed by atoms with Crippen molar-refractivity contribution in [2.45, 2.75) is 18.5 Å². The molecule has 0 saturated carbocycles. The molecule has 1 aromatic heterocycles. The summed E-state index contributed by atoms with van der Waals surface area (Å²) in [6.45, 7) is 1.74. The van der Waals surface area contributed by atoms with Crippen LogP contribution in [0.1, 0.15) is 28.9 Å². The molecule has 0 aliphatic heterocycles. The fourth-order valence-electron chi connectivity index (χ4n) is 2.85. The predicted octanol–water partition coefficient (Wildman–Crippen LogP) is 3.84. The highest BCUT2D eigenvalue weighted by atomic mass is 32.2. The molecule has 32 heavy (non-hydrogen) atoms. The molecule has 0 aliphatic carbocycles. The normalized spacial score (nSPS) is 12.9. The van der Waals surface area contributed by atoms with Crippen molar-refractivity contribution in [3.8, 4) is 5.88 Å². The molecule has 0 spiro atoms. The number of rotatable bonds is 6. The molecule has 1 unspecified atom stereocenters. The van der Waals surface area contributed by atoms with Gasteiger partial charge in [-0.25, -0.2) is 14.8 Å². The molecule has 8 nitrogen and oxygen atoms in total. The number of esters is 1. The predicted molar refractivity (Wildman–Crippen MR) is 110 cm³/mol. The summed E-state index contributed by atoms with van der Waals surface area (Å²) in [6, 6.07) is 12.4. The lowest BCUT2D eigenvalue weighted by Crippen LogP contribution is -2.30. The van der Waals surface area contributed by atoms with E-state index in [1.807, 2.05) is 0 Å². The lowest BCUT2D eigenvalue weighted by molar-refractivity contribution is -0.0501. The van der Waals surface area contributed by atoms with Crippen LogP contribution in [0.5, 0.6) is 5.88 Å². The Morgan fingerprint density at radius 1 is 1.06 bits per heavy atom. The van der Waals surface area contributed by atoms with Crippen molar-refractivity contribution in [2.24, 2.45) is 0 Å². The van der Waals surface area contributed by atoms with Gasteiger partial charge in [-0.2, -0.15) is 21.6 Å². The first-order valence-corrected chi connectivity index (χ1v) is 10.5. The fourth-order valence-corrected chi connectivity index (χ4v) is 3.26. The van der Waals surface area contributed by atoms with Gasteiger partial charge >= 0.3 is 21.6 Å². The fraction of sp³-hybridized carbons (Fsp3) is 0.250. The van der Waals surface area contributed by atoms with Gasteiger partial charge in [-0.05, 0) is 30.7 Å². The molecule has 0 amide bonds. The average molecular weight is 469 g/mol. The summed E-state index contributed by atoms with van der Waals surface area (Å²) >= 11 is 0. The molecule has 0 saturated heterocycles. The highest BCUT2D eigenvalue weighted by Crippen LogP contribution is 2.35. The third-order valence-electron chi connectivity index (χ3n) is 4.71. The molecule has 2 aromatic carbocycles. The summed E-state index contributed by atoms with van der Waals surface area (Å²) in [4.78, 5) is 21.5. The van der Waals surface area contributed by atoms with Gasteiger partial charge in [0.15, 0.2) is 5.82 Å². The summed E-state index contributed by atoms with van der Waals surface area (Å²) in [5.74, 6) is -1.75. The summed E-state index contributed by atoms with van der Waals surface area (Å²) in [7, 11) is -3.30. The third kappa shape index (κ3) is 4.59. The van der Waals surface area contributed by atoms with Crippen LogP contribution in [0.4, 0.5) is 19.0 Å². The van der Waals surface area contributed by atoms with Crippen LogP contribution in [0.3, 0.4) is 0 Å². The molecule has 1 heterocycles. The first kappa shape index (κ1) is 23.3. The van der Waals surface area contributed by atoms with Crippen LogP contribution in [0.15, 0.2) is 48.5 Å². The van der Waals surface area contributed by atoms with Crippen molar-refractivity contribution >= 4 is 32.9 Å². The van der Waals surface area contributed by atoms with E-state index in [0.717, 1.165) is 5.56 Å². The minimum atomic E-state index is -5.99. The van der Waals surface area contributed by atoms with Crippen LogP contribution in [0, 0.1) is 0 Å². The van der Waals surface area contributed by atoms with Crippen molar-refractivity contribution < 1.29 is 35.3 Å². The van der Waals surface area contributed by atoms with Gasteiger partial charge in [-0.3, -0.25) is 0 Å². The highest BCUT2D eigenvalue weighted by molar-refractivity contribution is 7.88. The number of carbonyl (C=O) groups is 1. The minimum absolute atomic E-state index is 0.0227. The summed E-state index contributed by atoms with van der Waals surface area (Å²) in [6.07, 6.45) is 0. The Kier molecular flexibility index (Phi) is 6.26. The lowest BCUT2D eigenvalue weighted by atomic mass is 10.1. The molecule has 0 fully saturated rings. The van der Waals surface area contributed by atoms with Crippen molar-refractivity contribution in [3.63, 3.8) is 0 Å². The number of ether oxygens (including phenoxy) is 1. The SMILES string of the molecule is COC(=O)c1ccc2nc(OS(=O)(=O)C(F)(F)F)c(N(C)C(C)c3ccccc3)nc2c1. The van der Waals surface area contributed by atoms with Gasteiger partial charge < -0.3 is 13.8 Å². The second kappa shape index (κ2) is 8.61. The van der Waals surface area contributed by atoms with Gasteiger partial charge in [-0.15, -0.1) is 0 Å². The van der Waals surface area contributed by atoms with Crippen molar-refractivity contribution in [1.29, 1.82) is 0 Å². The topological polar surface area (TPSA) is 98.7 Å². The van der Waals surface area contributed by atoms with Crippen LogP contribution in [-0.2, 0) is 14.9 Å². The van der Waals surface area contributed by atoms with Crippen LogP contribution in [-0.4, -0.2) is 44.0 Å². The van der Waals surface area contributed by atoms with Crippen LogP contribution < -0.4 is 9.08 Å². The quantitative estimate of drug-likeness (QED) is 0.305. The Hall–Kier alpha value is -3.41. The Labute approximate surface area is 181 Å². The van der Waals surface area contributed by atoms with E-state index in [1.165, 1.54) is 37.3 Å². The number of hydrogen-bond acceptors (Lipinski definition) is 8.